The molecular weight excluding hydrogens is 293 g/mol. The van der Waals surface area contributed by atoms with Crippen LogP contribution in [-0.4, -0.2) is 12.7 Å². The highest BCUT2D eigenvalue weighted by Gasteiger charge is 2.21. The number of amides is 1. The van der Waals surface area contributed by atoms with Crippen molar-refractivity contribution in [1.82, 2.24) is 5.32 Å². The maximum absolute atomic E-state index is 11.0. The van der Waals surface area contributed by atoms with Gasteiger partial charge >= 0.3 is 6.09 Å². The smallest absolute Gasteiger partial charge is 0.407 e. The zero-order valence-electron chi connectivity index (χ0n) is 7.50. The van der Waals surface area contributed by atoms with Gasteiger partial charge in [-0.1, -0.05) is 18.2 Å². The number of benzene rings is 1. The van der Waals surface area contributed by atoms with Crippen molar-refractivity contribution < 1.29 is 9.53 Å². The van der Waals surface area contributed by atoms with Crippen molar-refractivity contribution in [2.24, 2.45) is 0 Å². The van der Waals surface area contributed by atoms with Crippen molar-refractivity contribution in [2.75, 3.05) is 6.61 Å². The Morgan fingerprint density at radius 3 is 2.93 bits per heavy atom. The number of hydrogen-bond donors (Lipinski definition) is 1. The van der Waals surface area contributed by atoms with E-state index in [0.29, 0.717) is 6.61 Å². The molecule has 1 aromatic carbocycles. The van der Waals surface area contributed by atoms with Crippen molar-refractivity contribution >= 4 is 28.7 Å². The molecule has 14 heavy (non-hydrogen) atoms. The number of cyclic esters (lactones) is 1. The van der Waals surface area contributed by atoms with Gasteiger partial charge in [0.25, 0.3) is 0 Å². The van der Waals surface area contributed by atoms with Crippen LogP contribution in [0.3, 0.4) is 0 Å². The molecule has 2 rings (SSSR count). The molecule has 1 saturated heterocycles. The first-order valence-electron chi connectivity index (χ1n) is 4.45. The standard InChI is InChI=1S/C10H10INO2/c11-8-4-2-1-3-7(8)9-5-6-14-10(13)12-9/h1-4,9H,5-6H2,(H,12,13)/t9-/m1/s1. The lowest BCUT2D eigenvalue weighted by molar-refractivity contribution is 0.115. The maximum Gasteiger partial charge on any atom is 0.407 e. The minimum absolute atomic E-state index is 0.101. The third-order valence-electron chi connectivity index (χ3n) is 2.21. The minimum atomic E-state index is -0.319. The molecule has 0 radical (unpaired) electrons. The topological polar surface area (TPSA) is 38.3 Å². The summed E-state index contributed by atoms with van der Waals surface area (Å²) in [6.45, 7) is 0.501. The first kappa shape index (κ1) is 9.76. The van der Waals surface area contributed by atoms with Crippen LogP contribution in [0.15, 0.2) is 24.3 Å². The summed E-state index contributed by atoms with van der Waals surface area (Å²) in [7, 11) is 0. The van der Waals surface area contributed by atoms with Crippen LogP contribution in [0, 0.1) is 3.57 Å². The van der Waals surface area contributed by atoms with Gasteiger partial charge in [-0.2, -0.15) is 0 Å². The van der Waals surface area contributed by atoms with E-state index in [2.05, 4.69) is 27.9 Å². The van der Waals surface area contributed by atoms with E-state index in [4.69, 9.17) is 4.74 Å². The average molecular weight is 303 g/mol. The second-order valence-electron chi connectivity index (χ2n) is 3.14. The number of alkyl carbamates (subject to hydrolysis) is 1. The minimum Gasteiger partial charge on any atom is -0.449 e. The lowest BCUT2D eigenvalue weighted by Crippen LogP contribution is -2.35. The number of carbonyl (C=O) groups is 1. The number of ether oxygens (including phenoxy) is 1. The van der Waals surface area contributed by atoms with Gasteiger partial charge in [-0.25, -0.2) is 4.79 Å². The Morgan fingerprint density at radius 2 is 2.21 bits per heavy atom. The molecule has 1 atom stereocenters. The molecule has 0 aliphatic carbocycles. The van der Waals surface area contributed by atoms with E-state index < -0.39 is 0 Å². The Balaban J connectivity index is 2.22. The van der Waals surface area contributed by atoms with E-state index in [9.17, 15) is 4.79 Å². The van der Waals surface area contributed by atoms with Gasteiger partial charge in [0, 0.05) is 9.99 Å². The van der Waals surface area contributed by atoms with Crippen LogP contribution >= 0.6 is 22.6 Å². The van der Waals surface area contributed by atoms with Gasteiger partial charge in [-0.05, 0) is 34.2 Å². The SMILES string of the molecule is O=C1N[C@@H](c2ccccc2I)CCO1. The molecule has 4 heteroatoms. The van der Waals surface area contributed by atoms with E-state index in [-0.39, 0.29) is 12.1 Å². The number of halogens is 1. The molecule has 0 aromatic heterocycles. The van der Waals surface area contributed by atoms with Crippen LogP contribution < -0.4 is 5.32 Å². The molecule has 3 nitrogen and oxygen atoms in total. The van der Waals surface area contributed by atoms with E-state index in [0.717, 1.165) is 6.42 Å². The molecule has 1 amide bonds. The molecule has 0 unspecified atom stereocenters. The molecule has 0 bridgehead atoms. The van der Waals surface area contributed by atoms with E-state index in [1.165, 1.54) is 9.13 Å². The van der Waals surface area contributed by atoms with Crippen molar-refractivity contribution in [3.8, 4) is 0 Å². The maximum atomic E-state index is 11.0. The fourth-order valence-corrected chi connectivity index (χ4v) is 2.28. The third-order valence-corrected chi connectivity index (χ3v) is 3.19. The first-order valence-corrected chi connectivity index (χ1v) is 5.53. The summed E-state index contributed by atoms with van der Waals surface area (Å²) in [5, 5.41) is 2.81. The zero-order valence-corrected chi connectivity index (χ0v) is 9.65. The molecule has 0 spiro atoms. The van der Waals surface area contributed by atoms with E-state index >= 15 is 0 Å². The van der Waals surface area contributed by atoms with Gasteiger partial charge in [-0.3, -0.25) is 0 Å². The summed E-state index contributed by atoms with van der Waals surface area (Å²) in [5.74, 6) is 0. The third kappa shape index (κ3) is 2.00. The Kier molecular flexibility index (Phi) is 2.90. The van der Waals surface area contributed by atoms with Gasteiger partial charge < -0.3 is 10.1 Å². The predicted molar refractivity (Wildman–Crippen MR) is 61.0 cm³/mol. The molecular formula is C10H10INO2. The Bertz CT molecular complexity index is 354. The largest absolute Gasteiger partial charge is 0.449 e. The monoisotopic (exact) mass is 303 g/mol. The second-order valence-corrected chi connectivity index (χ2v) is 4.31. The van der Waals surface area contributed by atoms with Gasteiger partial charge in [0.05, 0.1) is 12.6 Å². The van der Waals surface area contributed by atoms with Gasteiger partial charge in [0.1, 0.15) is 0 Å². The molecule has 1 aliphatic heterocycles. The van der Waals surface area contributed by atoms with Crippen LogP contribution in [0.1, 0.15) is 18.0 Å². The molecule has 1 heterocycles. The van der Waals surface area contributed by atoms with Crippen LogP contribution in [0.5, 0.6) is 0 Å². The summed E-state index contributed by atoms with van der Waals surface area (Å²) in [6.07, 6.45) is 0.520. The highest BCUT2D eigenvalue weighted by molar-refractivity contribution is 14.1. The molecule has 0 saturated carbocycles. The fourth-order valence-electron chi connectivity index (χ4n) is 1.52. The predicted octanol–water partition coefficient (Wildman–Crippen LogP) is 2.46. The van der Waals surface area contributed by atoms with E-state index in [1.807, 2.05) is 24.3 Å². The first-order chi connectivity index (χ1) is 6.77. The second kappa shape index (κ2) is 4.16. The molecule has 1 N–H and O–H groups in total. The summed E-state index contributed by atoms with van der Waals surface area (Å²) >= 11 is 2.28. The van der Waals surface area contributed by atoms with Crippen LogP contribution in [-0.2, 0) is 4.74 Å². The number of carbonyl (C=O) groups excluding carboxylic acids is 1. The number of rotatable bonds is 1. The summed E-state index contributed by atoms with van der Waals surface area (Å²) in [5.41, 5.74) is 1.17. The zero-order chi connectivity index (χ0) is 9.97. The van der Waals surface area contributed by atoms with Crippen molar-refractivity contribution in [1.29, 1.82) is 0 Å². The average Bonchev–Trinajstić information content (AvgIpc) is 2.18. The Hall–Kier alpha value is -0.780. The highest BCUT2D eigenvalue weighted by atomic mass is 127. The summed E-state index contributed by atoms with van der Waals surface area (Å²) in [4.78, 5) is 11.0. The molecule has 1 fully saturated rings. The molecule has 1 aliphatic rings. The normalized spacial score (nSPS) is 21.2. The van der Waals surface area contributed by atoms with Crippen molar-refractivity contribution in [2.45, 2.75) is 12.5 Å². The Morgan fingerprint density at radius 1 is 1.43 bits per heavy atom. The van der Waals surface area contributed by atoms with Gasteiger partial charge in [0.15, 0.2) is 0 Å². The summed E-state index contributed by atoms with van der Waals surface area (Å²) < 4.78 is 6.00. The van der Waals surface area contributed by atoms with Gasteiger partial charge in [0.2, 0.25) is 0 Å². The quantitative estimate of drug-likeness (QED) is 0.809. The van der Waals surface area contributed by atoms with Crippen molar-refractivity contribution in [3.05, 3.63) is 33.4 Å². The fraction of sp³-hybridized carbons (Fsp3) is 0.300. The van der Waals surface area contributed by atoms with Crippen LogP contribution in [0.25, 0.3) is 0 Å². The van der Waals surface area contributed by atoms with Crippen molar-refractivity contribution in [3.63, 3.8) is 0 Å². The number of nitrogens with one attached hydrogen (secondary N) is 1. The lowest BCUT2D eigenvalue weighted by Gasteiger charge is -2.24. The van der Waals surface area contributed by atoms with Crippen LogP contribution in [0.4, 0.5) is 4.79 Å². The highest BCUT2D eigenvalue weighted by Crippen LogP contribution is 2.24. The van der Waals surface area contributed by atoms with Gasteiger partial charge in [-0.15, -0.1) is 0 Å². The Labute approximate surface area is 96.0 Å². The van der Waals surface area contributed by atoms with E-state index in [1.54, 1.807) is 0 Å². The number of hydrogen-bond acceptors (Lipinski definition) is 2. The molecule has 74 valence electrons. The van der Waals surface area contributed by atoms with Crippen LogP contribution in [0.2, 0.25) is 0 Å². The summed E-state index contributed by atoms with van der Waals surface area (Å²) in [6, 6.07) is 8.16. The lowest BCUT2D eigenvalue weighted by atomic mass is 10.0. The molecule has 1 aromatic rings.